The summed E-state index contributed by atoms with van der Waals surface area (Å²) in [6.07, 6.45) is 1.54. The highest BCUT2D eigenvalue weighted by Crippen LogP contribution is 2.37. The number of benzene rings is 1. The van der Waals surface area contributed by atoms with Gasteiger partial charge in [0.05, 0.1) is 37.4 Å². The second kappa shape index (κ2) is 8.21. The Morgan fingerprint density at radius 3 is 2.10 bits per heavy atom. The normalized spacial score (nSPS) is 17.3. The van der Waals surface area contributed by atoms with Crippen LogP contribution in [0.25, 0.3) is 0 Å². The Morgan fingerprint density at radius 2 is 1.55 bits per heavy atom. The summed E-state index contributed by atoms with van der Waals surface area (Å²) in [4.78, 5) is 4.22. The Kier molecular flexibility index (Phi) is 6.14. The number of rotatable bonds is 7. The third kappa shape index (κ3) is 4.44. The van der Waals surface area contributed by atoms with Crippen molar-refractivity contribution < 1.29 is 31.9 Å². The first-order chi connectivity index (χ1) is 14.4. The molecule has 2 aromatic rings. The first-order valence-electron chi connectivity index (χ1n) is 9.58. The van der Waals surface area contributed by atoms with Crippen LogP contribution in [0.4, 0.5) is 5.69 Å². The van der Waals surface area contributed by atoms with E-state index in [1.807, 2.05) is 27.7 Å². The minimum absolute atomic E-state index is 0.00626. The fourth-order valence-corrected chi connectivity index (χ4v) is 4.06. The van der Waals surface area contributed by atoms with Gasteiger partial charge in [-0.15, -0.1) is 0 Å². The van der Waals surface area contributed by atoms with Crippen LogP contribution in [0, 0.1) is 0 Å². The van der Waals surface area contributed by atoms with E-state index in [1.165, 1.54) is 45.7 Å². The van der Waals surface area contributed by atoms with Crippen molar-refractivity contribution in [1.29, 1.82) is 0 Å². The van der Waals surface area contributed by atoms with Crippen LogP contribution in [-0.4, -0.2) is 53.1 Å². The molecule has 9 nitrogen and oxygen atoms in total. The Hall–Kier alpha value is -2.50. The van der Waals surface area contributed by atoms with Gasteiger partial charge in [-0.05, 0) is 45.9 Å². The second-order valence-electron chi connectivity index (χ2n) is 8.04. The van der Waals surface area contributed by atoms with Gasteiger partial charge >= 0.3 is 7.12 Å². The molecule has 1 aromatic heterocycles. The maximum absolute atomic E-state index is 13.0. The van der Waals surface area contributed by atoms with E-state index in [2.05, 4.69) is 9.71 Å². The van der Waals surface area contributed by atoms with Crippen molar-refractivity contribution in [3.8, 4) is 17.4 Å². The van der Waals surface area contributed by atoms with Crippen molar-refractivity contribution in [2.24, 2.45) is 0 Å². The lowest BCUT2D eigenvalue weighted by Crippen LogP contribution is -2.41. The molecule has 168 valence electrons. The number of aromatic nitrogens is 1. The summed E-state index contributed by atoms with van der Waals surface area (Å²) in [5, 5.41) is 0. The zero-order valence-electron chi connectivity index (χ0n) is 18.7. The van der Waals surface area contributed by atoms with Gasteiger partial charge in [0.2, 0.25) is 5.88 Å². The molecule has 1 N–H and O–H groups in total. The van der Waals surface area contributed by atoms with Crippen molar-refractivity contribution in [3.05, 3.63) is 30.5 Å². The van der Waals surface area contributed by atoms with Gasteiger partial charge < -0.3 is 23.5 Å². The quantitative estimate of drug-likeness (QED) is 0.641. The van der Waals surface area contributed by atoms with E-state index >= 15 is 0 Å². The Bertz CT molecular complexity index is 1060. The molecule has 0 unspecified atom stereocenters. The number of sulfonamides is 1. The van der Waals surface area contributed by atoms with Gasteiger partial charge in [0.25, 0.3) is 10.0 Å². The number of nitrogens with one attached hydrogen (secondary N) is 1. The second-order valence-corrected chi connectivity index (χ2v) is 9.72. The summed E-state index contributed by atoms with van der Waals surface area (Å²) < 4.78 is 56.3. The summed E-state index contributed by atoms with van der Waals surface area (Å²) >= 11 is 0. The molecule has 0 amide bonds. The summed E-state index contributed by atoms with van der Waals surface area (Å²) in [6.45, 7) is 7.74. The number of hydrogen-bond donors (Lipinski definition) is 1. The summed E-state index contributed by atoms with van der Waals surface area (Å²) in [5.74, 6) is 0.828. The van der Waals surface area contributed by atoms with Crippen molar-refractivity contribution in [3.63, 3.8) is 0 Å². The van der Waals surface area contributed by atoms with Crippen LogP contribution in [-0.2, 0) is 19.3 Å². The molecular weight excluding hydrogens is 423 g/mol. The molecule has 11 heteroatoms. The van der Waals surface area contributed by atoms with Gasteiger partial charge in [-0.25, -0.2) is 13.4 Å². The van der Waals surface area contributed by atoms with E-state index in [0.29, 0.717) is 17.0 Å². The molecule has 0 saturated carbocycles. The van der Waals surface area contributed by atoms with Gasteiger partial charge in [0, 0.05) is 17.7 Å². The standard InChI is InChI=1S/C20H27BN2O7S/c1-19(2)20(3,4)30-21(29-19)13-10-15(18(28-7)22-12-13)23-31(24,25)14-8-9-16(26-5)17(11-14)27-6/h8-12,23H,1-7H3. The zero-order valence-corrected chi connectivity index (χ0v) is 19.5. The molecule has 0 aliphatic carbocycles. The molecule has 0 bridgehead atoms. The van der Waals surface area contributed by atoms with Crippen LogP contribution < -0.4 is 24.4 Å². The predicted molar refractivity (Wildman–Crippen MR) is 117 cm³/mol. The van der Waals surface area contributed by atoms with E-state index in [1.54, 1.807) is 6.07 Å². The molecule has 1 aliphatic heterocycles. The van der Waals surface area contributed by atoms with Gasteiger partial charge in [0.15, 0.2) is 11.5 Å². The third-order valence-corrected chi connectivity index (χ3v) is 6.86. The van der Waals surface area contributed by atoms with Gasteiger partial charge in [0.1, 0.15) is 5.69 Å². The van der Waals surface area contributed by atoms with Gasteiger partial charge in [-0.3, -0.25) is 4.72 Å². The molecule has 2 heterocycles. The van der Waals surface area contributed by atoms with E-state index in [0.717, 1.165) is 0 Å². The molecule has 31 heavy (non-hydrogen) atoms. The van der Waals surface area contributed by atoms with Crippen molar-refractivity contribution in [1.82, 2.24) is 4.98 Å². The van der Waals surface area contributed by atoms with Crippen LogP contribution >= 0.6 is 0 Å². The number of hydrogen-bond acceptors (Lipinski definition) is 8. The smallest absolute Gasteiger partial charge is 0.493 e. The molecule has 1 aliphatic rings. The third-order valence-electron chi connectivity index (χ3n) is 5.50. The topological polar surface area (TPSA) is 105 Å². The largest absolute Gasteiger partial charge is 0.496 e. The van der Waals surface area contributed by atoms with Crippen LogP contribution in [0.5, 0.6) is 17.4 Å². The minimum Gasteiger partial charge on any atom is -0.493 e. The fourth-order valence-electron chi connectivity index (χ4n) is 3.00. The molecule has 0 radical (unpaired) electrons. The van der Waals surface area contributed by atoms with Crippen molar-refractivity contribution >= 4 is 28.3 Å². The van der Waals surface area contributed by atoms with E-state index in [-0.39, 0.29) is 16.5 Å². The van der Waals surface area contributed by atoms with E-state index in [9.17, 15) is 8.42 Å². The Balaban J connectivity index is 1.95. The molecule has 0 spiro atoms. The number of pyridine rings is 1. The van der Waals surface area contributed by atoms with Crippen LogP contribution in [0.3, 0.4) is 0 Å². The average Bonchev–Trinajstić information content (AvgIpc) is 2.94. The first kappa shape index (κ1) is 23.2. The lowest BCUT2D eigenvalue weighted by atomic mass is 9.80. The summed E-state index contributed by atoms with van der Waals surface area (Å²) in [5.41, 5.74) is -0.373. The minimum atomic E-state index is -3.98. The van der Waals surface area contributed by atoms with Crippen LogP contribution in [0.2, 0.25) is 0 Å². The number of nitrogens with zero attached hydrogens (tertiary/aromatic N) is 1. The van der Waals surface area contributed by atoms with Gasteiger partial charge in [-0.2, -0.15) is 0 Å². The van der Waals surface area contributed by atoms with E-state index in [4.69, 9.17) is 23.5 Å². The fraction of sp³-hybridized carbons (Fsp3) is 0.450. The number of anilines is 1. The first-order valence-corrected chi connectivity index (χ1v) is 11.1. The van der Waals surface area contributed by atoms with Crippen LogP contribution in [0.15, 0.2) is 35.4 Å². The van der Waals surface area contributed by atoms with Crippen molar-refractivity contribution in [2.75, 3.05) is 26.1 Å². The predicted octanol–water partition coefficient (Wildman–Crippen LogP) is 2.21. The monoisotopic (exact) mass is 450 g/mol. The molecule has 3 rings (SSSR count). The molecule has 1 fully saturated rings. The van der Waals surface area contributed by atoms with E-state index < -0.39 is 28.3 Å². The number of methoxy groups -OCH3 is 3. The highest BCUT2D eigenvalue weighted by molar-refractivity contribution is 7.92. The van der Waals surface area contributed by atoms with Crippen LogP contribution in [0.1, 0.15) is 27.7 Å². The molecular formula is C20H27BN2O7S. The molecule has 0 atom stereocenters. The summed E-state index contributed by atoms with van der Waals surface area (Å²) in [7, 11) is -0.363. The lowest BCUT2D eigenvalue weighted by molar-refractivity contribution is 0.00578. The average molecular weight is 450 g/mol. The maximum Gasteiger partial charge on any atom is 0.496 e. The summed E-state index contributed by atoms with van der Waals surface area (Å²) in [6, 6.07) is 5.90. The lowest BCUT2D eigenvalue weighted by Gasteiger charge is -2.32. The zero-order chi connectivity index (χ0) is 23.0. The molecule has 1 aromatic carbocycles. The number of ether oxygens (including phenoxy) is 3. The highest BCUT2D eigenvalue weighted by Gasteiger charge is 2.52. The Labute approximate surface area is 183 Å². The maximum atomic E-state index is 13.0. The van der Waals surface area contributed by atoms with Crippen molar-refractivity contribution in [2.45, 2.75) is 43.8 Å². The molecule has 1 saturated heterocycles. The SMILES string of the molecule is COc1ccc(S(=O)(=O)Nc2cc(B3OC(C)(C)C(C)(C)O3)cnc2OC)cc1OC. The highest BCUT2D eigenvalue weighted by atomic mass is 32.2. The Morgan fingerprint density at radius 1 is 0.935 bits per heavy atom. The van der Waals surface area contributed by atoms with Gasteiger partial charge in [-0.1, -0.05) is 0 Å².